The smallest absolute Gasteiger partial charge is 0.112 e. The van der Waals surface area contributed by atoms with Gasteiger partial charge >= 0.3 is 0 Å². The molecular formula is C15H19BrN4. The van der Waals surface area contributed by atoms with Crippen LogP contribution in [0.5, 0.6) is 0 Å². The number of pyridine rings is 2. The van der Waals surface area contributed by atoms with E-state index in [2.05, 4.69) is 55.7 Å². The van der Waals surface area contributed by atoms with Crippen molar-refractivity contribution in [3.8, 4) is 0 Å². The fourth-order valence-corrected chi connectivity index (χ4v) is 3.27. The minimum absolute atomic E-state index is 0.485. The summed E-state index contributed by atoms with van der Waals surface area (Å²) in [5.74, 6) is 0. The zero-order valence-electron chi connectivity index (χ0n) is 11.9. The maximum atomic E-state index is 4.58. The van der Waals surface area contributed by atoms with Crippen LogP contribution < -0.4 is 4.90 Å². The summed E-state index contributed by atoms with van der Waals surface area (Å²) in [4.78, 5) is 13.9. The first kappa shape index (κ1) is 13.8. The number of aromatic nitrogens is 2. The Morgan fingerprint density at radius 1 is 1.30 bits per heavy atom. The van der Waals surface area contributed by atoms with E-state index < -0.39 is 0 Å². The van der Waals surface area contributed by atoms with Gasteiger partial charge in [-0.25, -0.2) is 0 Å². The maximum Gasteiger partial charge on any atom is 0.112 e. The summed E-state index contributed by atoms with van der Waals surface area (Å²) in [7, 11) is 2.19. The van der Waals surface area contributed by atoms with Gasteiger partial charge in [-0.3, -0.25) is 9.97 Å². The van der Waals surface area contributed by atoms with Gasteiger partial charge in [0.05, 0.1) is 11.2 Å². The van der Waals surface area contributed by atoms with Crippen LogP contribution in [0.1, 0.15) is 13.3 Å². The summed E-state index contributed by atoms with van der Waals surface area (Å²) in [5, 5.41) is 0. The van der Waals surface area contributed by atoms with E-state index in [0.717, 1.165) is 35.1 Å². The van der Waals surface area contributed by atoms with Gasteiger partial charge in [0.15, 0.2) is 0 Å². The van der Waals surface area contributed by atoms with E-state index in [1.165, 1.54) is 12.1 Å². The Balaban J connectivity index is 2.04. The zero-order valence-corrected chi connectivity index (χ0v) is 13.5. The first-order chi connectivity index (χ1) is 9.65. The number of likely N-dealkylation sites (N-methyl/N-ethyl adjacent to an activating group) is 1. The van der Waals surface area contributed by atoms with E-state index in [0.29, 0.717) is 6.04 Å². The van der Waals surface area contributed by atoms with Gasteiger partial charge in [0, 0.05) is 36.0 Å². The van der Waals surface area contributed by atoms with Crippen molar-refractivity contribution in [2.75, 3.05) is 31.6 Å². The van der Waals surface area contributed by atoms with E-state index in [1.54, 1.807) is 0 Å². The van der Waals surface area contributed by atoms with Crippen LogP contribution in [0.25, 0.3) is 11.0 Å². The van der Waals surface area contributed by atoms with E-state index in [4.69, 9.17) is 0 Å². The molecule has 4 nitrogen and oxygen atoms in total. The Labute approximate surface area is 127 Å². The molecule has 1 aliphatic rings. The lowest BCUT2D eigenvalue weighted by Gasteiger charge is -2.30. The molecule has 0 bridgehead atoms. The number of fused-ring (bicyclic) bond motifs is 1. The van der Waals surface area contributed by atoms with Gasteiger partial charge in [0.2, 0.25) is 0 Å². The third-order valence-electron chi connectivity index (χ3n) is 3.88. The van der Waals surface area contributed by atoms with Crippen LogP contribution in [0.4, 0.5) is 5.69 Å². The number of halogens is 1. The lowest BCUT2D eigenvalue weighted by atomic mass is 10.2. The molecule has 0 radical (unpaired) electrons. The van der Waals surface area contributed by atoms with Crippen molar-refractivity contribution in [3.63, 3.8) is 0 Å². The highest BCUT2D eigenvalue weighted by molar-refractivity contribution is 9.10. The van der Waals surface area contributed by atoms with E-state index in [1.807, 2.05) is 18.5 Å². The molecule has 5 heteroatoms. The largest absolute Gasteiger partial charge is 0.366 e. The van der Waals surface area contributed by atoms with Gasteiger partial charge in [-0.15, -0.1) is 0 Å². The molecule has 0 saturated carbocycles. The van der Waals surface area contributed by atoms with Crippen LogP contribution in [0.3, 0.4) is 0 Å². The second-order valence-corrected chi connectivity index (χ2v) is 6.43. The summed E-state index contributed by atoms with van der Waals surface area (Å²) in [6.45, 7) is 5.60. The summed E-state index contributed by atoms with van der Waals surface area (Å²) in [6.07, 6.45) is 4.91. The molecule has 1 atom stereocenters. The maximum absolute atomic E-state index is 4.58. The lowest BCUT2D eigenvalue weighted by Crippen LogP contribution is -2.38. The quantitative estimate of drug-likeness (QED) is 0.802. The molecule has 2 aromatic heterocycles. The van der Waals surface area contributed by atoms with Crippen molar-refractivity contribution in [1.82, 2.24) is 14.9 Å². The van der Waals surface area contributed by atoms with E-state index >= 15 is 0 Å². The summed E-state index contributed by atoms with van der Waals surface area (Å²) >= 11 is 3.46. The van der Waals surface area contributed by atoms with Gasteiger partial charge < -0.3 is 9.80 Å². The third-order valence-corrected chi connectivity index (χ3v) is 4.31. The van der Waals surface area contributed by atoms with E-state index in [-0.39, 0.29) is 0 Å². The Morgan fingerprint density at radius 2 is 2.15 bits per heavy atom. The van der Waals surface area contributed by atoms with Crippen molar-refractivity contribution in [2.24, 2.45) is 0 Å². The third kappa shape index (κ3) is 2.65. The van der Waals surface area contributed by atoms with Crippen LogP contribution in [-0.2, 0) is 0 Å². The zero-order chi connectivity index (χ0) is 14.1. The molecule has 0 spiro atoms. The number of rotatable bonds is 1. The SMILES string of the molecule is CC1CN(C)CCCN1c1ccnc2cc(Br)cnc12. The number of anilines is 1. The highest BCUT2D eigenvalue weighted by Gasteiger charge is 2.21. The van der Waals surface area contributed by atoms with Crippen molar-refractivity contribution < 1.29 is 0 Å². The van der Waals surface area contributed by atoms with Crippen LogP contribution in [0, 0.1) is 0 Å². The minimum Gasteiger partial charge on any atom is -0.366 e. The molecule has 0 aliphatic carbocycles. The second-order valence-electron chi connectivity index (χ2n) is 5.51. The molecule has 3 rings (SSSR count). The Hall–Kier alpha value is -1.20. The lowest BCUT2D eigenvalue weighted by molar-refractivity contribution is 0.337. The second kappa shape index (κ2) is 5.66. The Morgan fingerprint density at radius 3 is 3.00 bits per heavy atom. The molecule has 0 aromatic carbocycles. The highest BCUT2D eigenvalue weighted by Crippen LogP contribution is 2.28. The van der Waals surface area contributed by atoms with E-state index in [9.17, 15) is 0 Å². The van der Waals surface area contributed by atoms with Crippen molar-refractivity contribution in [2.45, 2.75) is 19.4 Å². The van der Waals surface area contributed by atoms with Crippen LogP contribution >= 0.6 is 15.9 Å². The molecular weight excluding hydrogens is 316 g/mol. The fourth-order valence-electron chi connectivity index (χ4n) is 2.95. The summed E-state index contributed by atoms with van der Waals surface area (Å²) in [6, 6.07) is 4.60. The van der Waals surface area contributed by atoms with Gasteiger partial charge in [-0.05, 0) is 55.0 Å². The molecule has 0 amide bonds. The monoisotopic (exact) mass is 334 g/mol. The van der Waals surface area contributed by atoms with Gasteiger partial charge in [-0.2, -0.15) is 0 Å². The molecule has 1 fully saturated rings. The van der Waals surface area contributed by atoms with Crippen molar-refractivity contribution >= 4 is 32.7 Å². The van der Waals surface area contributed by atoms with Crippen molar-refractivity contribution in [1.29, 1.82) is 0 Å². The molecule has 1 aliphatic heterocycles. The van der Waals surface area contributed by atoms with Crippen LogP contribution in [0.2, 0.25) is 0 Å². The number of hydrogen-bond donors (Lipinski definition) is 0. The van der Waals surface area contributed by atoms with Gasteiger partial charge in [-0.1, -0.05) is 0 Å². The molecule has 1 saturated heterocycles. The minimum atomic E-state index is 0.485. The molecule has 0 N–H and O–H groups in total. The standard InChI is InChI=1S/C15H19BrN4/c1-11-10-19(2)6-3-7-20(11)14-4-5-17-13-8-12(16)9-18-15(13)14/h4-5,8-9,11H,3,6-7,10H2,1-2H3. The normalized spacial score (nSPS) is 21.1. The summed E-state index contributed by atoms with van der Waals surface area (Å²) < 4.78 is 0.971. The van der Waals surface area contributed by atoms with Gasteiger partial charge in [0.1, 0.15) is 5.52 Å². The highest BCUT2D eigenvalue weighted by atomic mass is 79.9. The predicted octanol–water partition coefficient (Wildman–Crippen LogP) is 2.92. The molecule has 1 unspecified atom stereocenters. The summed E-state index contributed by atoms with van der Waals surface area (Å²) in [5.41, 5.74) is 3.14. The average Bonchev–Trinajstić information content (AvgIpc) is 2.58. The first-order valence-corrected chi connectivity index (χ1v) is 7.80. The predicted molar refractivity (Wildman–Crippen MR) is 86.2 cm³/mol. The fraction of sp³-hybridized carbons (Fsp3) is 0.467. The first-order valence-electron chi connectivity index (χ1n) is 7.00. The molecule has 2 aromatic rings. The Bertz CT molecular complexity index is 616. The topological polar surface area (TPSA) is 32.3 Å². The van der Waals surface area contributed by atoms with Crippen LogP contribution in [-0.4, -0.2) is 47.6 Å². The van der Waals surface area contributed by atoms with Gasteiger partial charge in [0.25, 0.3) is 0 Å². The average molecular weight is 335 g/mol. The number of hydrogen-bond acceptors (Lipinski definition) is 4. The Kier molecular flexibility index (Phi) is 3.89. The van der Waals surface area contributed by atoms with Crippen molar-refractivity contribution in [3.05, 3.63) is 29.0 Å². The van der Waals surface area contributed by atoms with Crippen LogP contribution in [0.15, 0.2) is 29.0 Å². The number of nitrogens with zero attached hydrogens (tertiary/aromatic N) is 4. The molecule has 3 heterocycles. The molecule has 20 heavy (non-hydrogen) atoms. The molecule has 106 valence electrons.